The summed E-state index contributed by atoms with van der Waals surface area (Å²) in [6.45, 7) is 4.41. The number of carbonyl (C=O) groups is 1. The van der Waals surface area contributed by atoms with E-state index in [1.165, 1.54) is 6.42 Å². The minimum Gasteiger partial charge on any atom is -0.338 e. The zero-order chi connectivity index (χ0) is 17.4. The highest BCUT2D eigenvalue weighted by atomic mass is 16.2. The average Bonchev–Trinajstić information content (AvgIpc) is 3.32. The van der Waals surface area contributed by atoms with Crippen LogP contribution in [0.2, 0.25) is 0 Å². The second-order valence-electron chi connectivity index (χ2n) is 7.24. The van der Waals surface area contributed by atoms with Crippen molar-refractivity contribution in [2.24, 2.45) is 0 Å². The highest BCUT2D eigenvalue weighted by Gasteiger charge is 2.38. The van der Waals surface area contributed by atoms with Crippen LogP contribution in [0.4, 0.5) is 0 Å². The Kier molecular flexibility index (Phi) is 4.22. The van der Waals surface area contributed by atoms with E-state index in [9.17, 15) is 10.1 Å². The van der Waals surface area contributed by atoms with Gasteiger partial charge in [0.05, 0.1) is 11.1 Å². The number of carbonyl (C=O) groups excluding carboxylic acids is 1. The Labute approximate surface area is 148 Å². The summed E-state index contributed by atoms with van der Waals surface area (Å²) in [7, 11) is 0. The van der Waals surface area contributed by atoms with Crippen molar-refractivity contribution in [3.8, 4) is 6.07 Å². The first-order valence-corrected chi connectivity index (χ1v) is 9.19. The summed E-state index contributed by atoms with van der Waals surface area (Å²) in [4.78, 5) is 16.5. The number of fused-ring (bicyclic) bond motifs is 1. The minimum absolute atomic E-state index is 0.196. The van der Waals surface area contributed by atoms with Gasteiger partial charge in [0.15, 0.2) is 0 Å². The smallest absolute Gasteiger partial charge is 0.219 e. The molecule has 5 heteroatoms. The molecule has 0 bridgehead atoms. The first-order valence-electron chi connectivity index (χ1n) is 9.19. The van der Waals surface area contributed by atoms with Crippen LogP contribution in [-0.4, -0.2) is 45.3 Å². The molecule has 0 saturated carbocycles. The number of aromatic nitrogens is 1. The van der Waals surface area contributed by atoms with Crippen molar-refractivity contribution in [2.45, 2.75) is 51.2 Å². The Bertz CT molecular complexity index is 834. The lowest BCUT2D eigenvalue weighted by atomic mass is 10.0. The standard InChI is InChI=1S/C20H24N4O/c1-15(25)24-11-5-8-20(24)19-7-4-10-23(19)14-16-13-22-9-3-2-6-18(22)17(16)12-21/h2-3,6,9,13,19-20H,4-5,7-8,10-11,14H2,1H3/t19-,20+/m0/s1. The summed E-state index contributed by atoms with van der Waals surface area (Å²) in [5, 5.41) is 9.64. The van der Waals surface area contributed by atoms with E-state index < -0.39 is 0 Å². The Hall–Kier alpha value is -2.32. The Morgan fingerprint density at radius 2 is 2.04 bits per heavy atom. The molecular formula is C20H24N4O. The van der Waals surface area contributed by atoms with Crippen LogP contribution in [0.3, 0.4) is 0 Å². The lowest BCUT2D eigenvalue weighted by Crippen LogP contribution is -2.47. The van der Waals surface area contributed by atoms with Gasteiger partial charge in [0, 0.05) is 50.1 Å². The number of likely N-dealkylation sites (tertiary alicyclic amines) is 2. The topological polar surface area (TPSA) is 51.8 Å². The van der Waals surface area contributed by atoms with Crippen molar-refractivity contribution >= 4 is 11.4 Å². The van der Waals surface area contributed by atoms with Crippen molar-refractivity contribution in [3.63, 3.8) is 0 Å². The summed E-state index contributed by atoms with van der Waals surface area (Å²) in [5.41, 5.74) is 2.84. The highest BCUT2D eigenvalue weighted by Crippen LogP contribution is 2.32. The van der Waals surface area contributed by atoms with Gasteiger partial charge in [-0.25, -0.2) is 0 Å². The maximum atomic E-state index is 12.0. The molecule has 0 N–H and O–H groups in total. The number of amides is 1. The second kappa shape index (κ2) is 6.53. The molecule has 2 aliphatic rings. The molecule has 2 aromatic heterocycles. The van der Waals surface area contributed by atoms with Crippen LogP contribution in [0.1, 0.15) is 43.7 Å². The van der Waals surface area contributed by atoms with Gasteiger partial charge in [-0.05, 0) is 44.4 Å². The van der Waals surface area contributed by atoms with Gasteiger partial charge in [0.1, 0.15) is 6.07 Å². The summed E-state index contributed by atoms with van der Waals surface area (Å²) >= 11 is 0. The van der Waals surface area contributed by atoms with E-state index in [-0.39, 0.29) is 5.91 Å². The fraction of sp³-hybridized carbons (Fsp3) is 0.500. The number of hydrogen-bond acceptors (Lipinski definition) is 3. The summed E-state index contributed by atoms with van der Waals surface area (Å²) < 4.78 is 2.04. The molecule has 4 rings (SSSR count). The molecule has 2 saturated heterocycles. The van der Waals surface area contributed by atoms with Crippen LogP contribution in [0.25, 0.3) is 5.52 Å². The molecule has 0 radical (unpaired) electrons. The Morgan fingerprint density at radius 3 is 2.84 bits per heavy atom. The maximum Gasteiger partial charge on any atom is 0.219 e. The number of pyridine rings is 1. The molecular weight excluding hydrogens is 312 g/mol. The highest BCUT2D eigenvalue weighted by molar-refractivity contribution is 5.74. The van der Waals surface area contributed by atoms with E-state index in [0.29, 0.717) is 12.1 Å². The molecule has 0 unspecified atom stereocenters. The van der Waals surface area contributed by atoms with Crippen LogP contribution in [-0.2, 0) is 11.3 Å². The number of nitrogens with zero attached hydrogens (tertiary/aromatic N) is 4. The molecule has 2 aliphatic heterocycles. The van der Waals surface area contributed by atoms with Gasteiger partial charge in [-0.3, -0.25) is 9.69 Å². The van der Waals surface area contributed by atoms with E-state index >= 15 is 0 Å². The maximum absolute atomic E-state index is 12.0. The van der Waals surface area contributed by atoms with E-state index in [1.54, 1.807) is 6.92 Å². The zero-order valence-corrected chi connectivity index (χ0v) is 14.7. The van der Waals surface area contributed by atoms with Gasteiger partial charge < -0.3 is 9.30 Å². The van der Waals surface area contributed by atoms with Gasteiger partial charge in [0.2, 0.25) is 5.91 Å². The Balaban J connectivity index is 1.60. The molecule has 0 aromatic carbocycles. The molecule has 2 atom stereocenters. The number of hydrogen-bond donors (Lipinski definition) is 0. The molecule has 2 fully saturated rings. The third-order valence-corrected chi connectivity index (χ3v) is 5.81. The van der Waals surface area contributed by atoms with Crippen LogP contribution >= 0.6 is 0 Å². The quantitative estimate of drug-likeness (QED) is 0.866. The van der Waals surface area contributed by atoms with Crippen molar-refractivity contribution in [1.29, 1.82) is 5.26 Å². The largest absolute Gasteiger partial charge is 0.338 e. The normalized spacial score (nSPS) is 24.1. The van der Waals surface area contributed by atoms with Crippen LogP contribution in [0.5, 0.6) is 0 Å². The van der Waals surface area contributed by atoms with E-state index in [0.717, 1.165) is 55.5 Å². The van der Waals surface area contributed by atoms with E-state index in [4.69, 9.17) is 0 Å². The zero-order valence-electron chi connectivity index (χ0n) is 14.7. The summed E-state index contributed by atoms with van der Waals surface area (Å²) in [6, 6.07) is 9.10. The van der Waals surface area contributed by atoms with Crippen LogP contribution in [0.15, 0.2) is 30.6 Å². The molecule has 5 nitrogen and oxygen atoms in total. The molecule has 130 valence electrons. The van der Waals surface area contributed by atoms with Crippen molar-refractivity contribution in [2.75, 3.05) is 13.1 Å². The monoisotopic (exact) mass is 336 g/mol. The van der Waals surface area contributed by atoms with Crippen molar-refractivity contribution in [1.82, 2.24) is 14.2 Å². The van der Waals surface area contributed by atoms with Crippen LogP contribution < -0.4 is 0 Å². The summed E-state index contributed by atoms with van der Waals surface area (Å²) in [6.07, 6.45) is 8.60. The minimum atomic E-state index is 0.196. The van der Waals surface area contributed by atoms with E-state index in [1.807, 2.05) is 28.8 Å². The fourth-order valence-corrected chi connectivity index (χ4v) is 4.71. The SMILES string of the molecule is CC(=O)N1CCC[C@@H]1[C@@H]1CCCN1Cc1cn2ccccc2c1C#N. The molecule has 25 heavy (non-hydrogen) atoms. The first-order chi connectivity index (χ1) is 12.2. The predicted octanol–water partition coefficient (Wildman–Crippen LogP) is 2.79. The van der Waals surface area contributed by atoms with Gasteiger partial charge in [-0.1, -0.05) is 6.07 Å². The Morgan fingerprint density at radius 1 is 1.24 bits per heavy atom. The van der Waals surface area contributed by atoms with Gasteiger partial charge >= 0.3 is 0 Å². The molecule has 0 aliphatic carbocycles. The molecule has 0 spiro atoms. The lowest BCUT2D eigenvalue weighted by Gasteiger charge is -2.34. The third kappa shape index (κ3) is 2.81. The van der Waals surface area contributed by atoms with Crippen LogP contribution in [0, 0.1) is 11.3 Å². The molecule has 4 heterocycles. The van der Waals surface area contributed by atoms with Crippen molar-refractivity contribution < 1.29 is 4.79 Å². The summed E-state index contributed by atoms with van der Waals surface area (Å²) in [5.74, 6) is 0.196. The van der Waals surface area contributed by atoms with Gasteiger partial charge in [-0.2, -0.15) is 5.26 Å². The number of rotatable bonds is 3. The second-order valence-corrected chi connectivity index (χ2v) is 7.24. The van der Waals surface area contributed by atoms with E-state index in [2.05, 4.69) is 22.1 Å². The van der Waals surface area contributed by atoms with Gasteiger partial charge in [-0.15, -0.1) is 0 Å². The molecule has 2 aromatic rings. The lowest BCUT2D eigenvalue weighted by molar-refractivity contribution is -0.130. The van der Waals surface area contributed by atoms with Gasteiger partial charge in [0.25, 0.3) is 0 Å². The van der Waals surface area contributed by atoms with Crippen molar-refractivity contribution in [3.05, 3.63) is 41.7 Å². The third-order valence-electron chi connectivity index (χ3n) is 5.81. The average molecular weight is 336 g/mol. The fourth-order valence-electron chi connectivity index (χ4n) is 4.71. The molecule has 1 amide bonds. The first kappa shape index (κ1) is 16.2. The predicted molar refractivity (Wildman–Crippen MR) is 96.0 cm³/mol. The number of nitriles is 1.